The Labute approximate surface area is 185 Å². The number of hydrogen-bond donors (Lipinski definition) is 4. The molecule has 0 radical (unpaired) electrons. The molecule has 11 heteroatoms. The molecule has 4 N–H and O–H groups in total. The number of aliphatic hydroxyl groups is 1. The number of nitrogens with zero attached hydrogens (tertiary/aromatic N) is 1. The Bertz CT molecular complexity index is 686. The van der Waals surface area contributed by atoms with Crippen LogP contribution in [-0.2, 0) is 9.59 Å². The number of carboxylic acids is 2. The van der Waals surface area contributed by atoms with Crippen LogP contribution in [0.2, 0.25) is 0 Å². The summed E-state index contributed by atoms with van der Waals surface area (Å²) in [7, 11) is 0. The fourth-order valence-corrected chi connectivity index (χ4v) is 4.23. The van der Waals surface area contributed by atoms with Gasteiger partial charge < -0.3 is 25.4 Å². The fraction of sp³-hybridized carbons (Fsp3) is 0.600. The number of benzene rings is 1. The van der Waals surface area contributed by atoms with Crippen LogP contribution < -0.4 is 10.1 Å². The summed E-state index contributed by atoms with van der Waals surface area (Å²) in [4.78, 5) is 28.6. The van der Waals surface area contributed by atoms with Crippen LogP contribution in [0.25, 0.3) is 0 Å². The lowest BCUT2D eigenvalue weighted by Gasteiger charge is -2.20. The van der Waals surface area contributed by atoms with Crippen LogP contribution in [0.5, 0.6) is 5.75 Å². The third kappa shape index (κ3) is 12.2. The van der Waals surface area contributed by atoms with Crippen molar-refractivity contribution in [3.05, 3.63) is 34.4 Å². The van der Waals surface area contributed by atoms with Gasteiger partial charge in [-0.25, -0.2) is 9.59 Å². The van der Waals surface area contributed by atoms with Crippen molar-refractivity contribution in [3.8, 4) is 5.75 Å². The van der Waals surface area contributed by atoms with Crippen molar-refractivity contribution in [2.45, 2.75) is 49.9 Å². The molecule has 0 spiro atoms. The first-order valence-corrected chi connectivity index (χ1v) is 11.2. The first-order valence-electron chi connectivity index (χ1n) is 10.1. The lowest BCUT2D eigenvalue weighted by Crippen LogP contribution is -2.32. The minimum Gasteiger partial charge on any atom is -0.484 e. The quantitative estimate of drug-likeness (QED) is 0.168. The summed E-state index contributed by atoms with van der Waals surface area (Å²) in [5, 5.41) is 39.7. The molecule has 0 heterocycles. The highest BCUT2D eigenvalue weighted by molar-refractivity contribution is 7.99. The molecule has 1 unspecified atom stereocenters. The molecule has 1 saturated carbocycles. The summed E-state index contributed by atoms with van der Waals surface area (Å²) in [5.74, 6) is -2.30. The Balaban J connectivity index is 0.000000703. The molecule has 31 heavy (non-hydrogen) atoms. The molecule has 0 aromatic heterocycles. The van der Waals surface area contributed by atoms with Crippen molar-refractivity contribution >= 4 is 29.4 Å². The van der Waals surface area contributed by atoms with Crippen molar-refractivity contribution in [3.63, 3.8) is 0 Å². The average Bonchev–Trinajstić information content (AvgIpc) is 2.76. The molecule has 174 valence electrons. The molecule has 0 saturated heterocycles. The van der Waals surface area contributed by atoms with E-state index in [0.717, 1.165) is 24.0 Å². The summed E-state index contributed by atoms with van der Waals surface area (Å²) < 4.78 is 5.38. The molecule has 1 fully saturated rings. The number of para-hydroxylation sites is 2. The molecule has 10 nitrogen and oxygen atoms in total. The van der Waals surface area contributed by atoms with Crippen LogP contribution in [-0.4, -0.2) is 69.0 Å². The largest absolute Gasteiger partial charge is 0.484 e. The van der Waals surface area contributed by atoms with Gasteiger partial charge in [-0.05, 0) is 37.6 Å². The minimum atomic E-state index is -1.82. The zero-order chi connectivity index (χ0) is 23.1. The van der Waals surface area contributed by atoms with Gasteiger partial charge in [-0.2, -0.15) is 11.8 Å². The molecule has 1 atom stereocenters. The predicted molar refractivity (Wildman–Crippen MR) is 117 cm³/mol. The zero-order valence-corrected chi connectivity index (χ0v) is 18.1. The molecule has 0 amide bonds. The van der Waals surface area contributed by atoms with Gasteiger partial charge in [-0.1, -0.05) is 31.4 Å². The van der Waals surface area contributed by atoms with Gasteiger partial charge in [0.1, 0.15) is 12.7 Å². The van der Waals surface area contributed by atoms with Crippen molar-refractivity contribution in [2.24, 2.45) is 0 Å². The molecule has 1 aliphatic carbocycles. The van der Waals surface area contributed by atoms with Crippen LogP contribution in [0, 0.1) is 10.1 Å². The van der Waals surface area contributed by atoms with E-state index in [-0.39, 0.29) is 18.0 Å². The van der Waals surface area contributed by atoms with Gasteiger partial charge in [0.05, 0.1) is 4.92 Å². The van der Waals surface area contributed by atoms with E-state index in [1.165, 1.54) is 38.2 Å². The Hall–Kier alpha value is -2.37. The summed E-state index contributed by atoms with van der Waals surface area (Å²) in [5.41, 5.74) is -0.0811. The smallest absolute Gasteiger partial charge is 0.414 e. The van der Waals surface area contributed by atoms with Crippen molar-refractivity contribution < 1.29 is 34.6 Å². The molecule has 0 aliphatic heterocycles. The van der Waals surface area contributed by atoms with Gasteiger partial charge in [-0.15, -0.1) is 0 Å². The Kier molecular flexibility index (Phi) is 13.3. The first kappa shape index (κ1) is 26.7. The number of thioether (sulfide) groups is 1. The van der Waals surface area contributed by atoms with E-state index in [4.69, 9.17) is 24.5 Å². The van der Waals surface area contributed by atoms with Gasteiger partial charge in [0, 0.05) is 17.9 Å². The number of aliphatic hydroxyl groups excluding tert-OH is 1. The predicted octanol–water partition coefficient (Wildman–Crippen LogP) is 2.54. The van der Waals surface area contributed by atoms with E-state index in [1.807, 2.05) is 0 Å². The van der Waals surface area contributed by atoms with Crippen molar-refractivity contribution in [1.29, 1.82) is 0 Å². The summed E-state index contributed by atoms with van der Waals surface area (Å²) in [6.07, 6.45) is 7.26. The molecule has 0 bridgehead atoms. The standard InChI is InChI=1S/C18H28N2O4S.C2H2O4/c21-15(14-24-18-10-5-4-9-17(18)20(22)23)13-19-11-6-12-25-16-7-2-1-3-8-16;3-1(4)2(5)6/h4-5,9-10,15-16,19,21H,1-3,6-8,11-14H2;(H,3,4)(H,5,6). The highest BCUT2D eigenvalue weighted by Crippen LogP contribution is 2.28. The third-order valence-electron chi connectivity index (χ3n) is 4.46. The van der Waals surface area contributed by atoms with E-state index in [0.29, 0.717) is 6.54 Å². The highest BCUT2D eigenvalue weighted by atomic mass is 32.2. The van der Waals surface area contributed by atoms with Crippen LogP contribution in [0.3, 0.4) is 0 Å². The van der Waals surface area contributed by atoms with Gasteiger partial charge >= 0.3 is 17.6 Å². The van der Waals surface area contributed by atoms with Crippen molar-refractivity contribution in [1.82, 2.24) is 5.32 Å². The molecule has 2 rings (SSSR count). The van der Waals surface area contributed by atoms with E-state index in [1.54, 1.807) is 18.2 Å². The van der Waals surface area contributed by atoms with Gasteiger partial charge in [-0.3, -0.25) is 10.1 Å². The number of carboxylic acid groups (broad SMARTS) is 2. The number of nitrogens with one attached hydrogen (secondary N) is 1. The molecule has 1 aliphatic rings. The summed E-state index contributed by atoms with van der Waals surface area (Å²) in [6.45, 7) is 1.33. The van der Waals surface area contributed by atoms with Gasteiger partial charge in [0.25, 0.3) is 0 Å². The van der Waals surface area contributed by atoms with E-state index >= 15 is 0 Å². The topological polar surface area (TPSA) is 159 Å². The van der Waals surface area contributed by atoms with Crippen LogP contribution >= 0.6 is 11.8 Å². The Morgan fingerprint density at radius 2 is 1.84 bits per heavy atom. The van der Waals surface area contributed by atoms with Gasteiger partial charge in [0.15, 0.2) is 5.75 Å². The molecule has 1 aromatic rings. The third-order valence-corrected chi connectivity index (χ3v) is 5.93. The van der Waals surface area contributed by atoms with E-state index < -0.39 is 23.0 Å². The Morgan fingerprint density at radius 1 is 1.19 bits per heavy atom. The maximum atomic E-state index is 10.9. The number of rotatable bonds is 11. The summed E-state index contributed by atoms with van der Waals surface area (Å²) >= 11 is 2.08. The van der Waals surface area contributed by atoms with Crippen LogP contribution in [0.15, 0.2) is 24.3 Å². The van der Waals surface area contributed by atoms with E-state index in [2.05, 4.69) is 17.1 Å². The maximum absolute atomic E-state index is 10.9. The van der Waals surface area contributed by atoms with Gasteiger partial charge in [0.2, 0.25) is 0 Å². The first-order chi connectivity index (χ1) is 14.8. The number of aliphatic carboxylic acids is 2. The maximum Gasteiger partial charge on any atom is 0.414 e. The molecular formula is C20H30N2O8S. The molecular weight excluding hydrogens is 428 g/mol. The number of carbonyl (C=O) groups is 2. The second-order valence-corrected chi connectivity index (χ2v) is 8.40. The number of nitro groups is 1. The van der Waals surface area contributed by atoms with Crippen LogP contribution in [0.1, 0.15) is 38.5 Å². The highest BCUT2D eigenvalue weighted by Gasteiger charge is 2.15. The van der Waals surface area contributed by atoms with Crippen LogP contribution in [0.4, 0.5) is 5.69 Å². The Morgan fingerprint density at radius 3 is 2.45 bits per heavy atom. The zero-order valence-electron chi connectivity index (χ0n) is 17.3. The second-order valence-electron chi connectivity index (χ2n) is 6.99. The second kappa shape index (κ2) is 15.4. The fourth-order valence-electron chi connectivity index (χ4n) is 2.92. The monoisotopic (exact) mass is 458 g/mol. The number of hydrogen-bond acceptors (Lipinski definition) is 8. The van der Waals surface area contributed by atoms with E-state index in [9.17, 15) is 15.2 Å². The lowest BCUT2D eigenvalue weighted by atomic mass is 10.0. The average molecular weight is 459 g/mol. The van der Waals surface area contributed by atoms with Crippen molar-refractivity contribution in [2.75, 3.05) is 25.4 Å². The number of nitro benzene ring substituents is 1. The summed E-state index contributed by atoms with van der Waals surface area (Å²) in [6, 6.07) is 6.20. The SMILES string of the molecule is O=C(O)C(=O)O.O=[N+]([O-])c1ccccc1OCC(O)CNCCCSC1CCCCC1. The molecule has 1 aromatic carbocycles. The lowest BCUT2D eigenvalue weighted by molar-refractivity contribution is -0.385. The number of ether oxygens (including phenoxy) is 1. The normalized spacial score (nSPS) is 14.7. The minimum absolute atomic E-state index is 0.0364.